The van der Waals surface area contributed by atoms with Gasteiger partial charge in [0.15, 0.2) is 11.6 Å². The molecular weight excluding hydrogens is 275 g/mol. The molecule has 0 aliphatic heterocycles. The van der Waals surface area contributed by atoms with Crippen molar-refractivity contribution in [2.45, 2.75) is 32.4 Å². The average Bonchev–Trinajstić information content (AvgIpc) is 3.16. The number of thiophene rings is 1. The van der Waals surface area contributed by atoms with Crippen LogP contribution >= 0.6 is 11.3 Å². The van der Waals surface area contributed by atoms with Crippen molar-refractivity contribution >= 4 is 23.1 Å². The highest BCUT2D eigenvalue weighted by atomic mass is 32.1. The maximum Gasteiger partial charge on any atom is 0.224 e. The maximum atomic E-state index is 14.1. The van der Waals surface area contributed by atoms with Gasteiger partial charge in [0, 0.05) is 17.5 Å². The molecule has 0 unspecified atom stereocenters. The second kappa shape index (κ2) is 5.75. The normalized spacial score (nSPS) is 14.3. The lowest BCUT2D eigenvalue weighted by molar-refractivity contribution is 0.599. The summed E-state index contributed by atoms with van der Waals surface area (Å²) in [7, 11) is 0. The zero-order valence-corrected chi connectivity index (χ0v) is 12.2. The lowest BCUT2D eigenvalue weighted by atomic mass is 10.3. The van der Waals surface area contributed by atoms with E-state index in [1.54, 1.807) is 11.3 Å². The van der Waals surface area contributed by atoms with Crippen LogP contribution in [0.15, 0.2) is 23.7 Å². The van der Waals surface area contributed by atoms with Crippen LogP contribution in [-0.2, 0) is 6.54 Å². The van der Waals surface area contributed by atoms with Crippen molar-refractivity contribution in [2.24, 2.45) is 0 Å². The van der Waals surface area contributed by atoms with E-state index in [-0.39, 0.29) is 5.82 Å². The van der Waals surface area contributed by atoms with Gasteiger partial charge in [0.1, 0.15) is 0 Å². The van der Waals surface area contributed by atoms with Crippen molar-refractivity contribution in [3.8, 4) is 0 Å². The Hall–Kier alpha value is -1.69. The number of halogens is 1. The molecule has 1 aliphatic rings. The van der Waals surface area contributed by atoms with Crippen LogP contribution in [0.1, 0.15) is 24.6 Å². The number of aromatic nitrogens is 2. The van der Waals surface area contributed by atoms with Crippen LogP contribution in [0, 0.1) is 5.82 Å². The average molecular weight is 292 g/mol. The number of hydrogen-bond acceptors (Lipinski definition) is 5. The summed E-state index contributed by atoms with van der Waals surface area (Å²) in [5.74, 6) is 0.544. The number of anilines is 2. The van der Waals surface area contributed by atoms with Crippen LogP contribution in [0.2, 0.25) is 0 Å². The number of hydrogen-bond donors (Lipinski definition) is 1. The van der Waals surface area contributed by atoms with Gasteiger partial charge in [0.05, 0.1) is 12.7 Å². The molecule has 2 aromatic rings. The summed E-state index contributed by atoms with van der Waals surface area (Å²) in [6.07, 6.45) is 3.46. The van der Waals surface area contributed by atoms with Gasteiger partial charge in [-0.05, 0) is 31.2 Å². The summed E-state index contributed by atoms with van der Waals surface area (Å²) in [4.78, 5) is 11.6. The Balaban J connectivity index is 1.88. The monoisotopic (exact) mass is 292 g/mol. The fraction of sp³-hybridized carbons (Fsp3) is 0.429. The van der Waals surface area contributed by atoms with Crippen molar-refractivity contribution in [3.05, 3.63) is 34.4 Å². The van der Waals surface area contributed by atoms with E-state index < -0.39 is 0 Å². The highest BCUT2D eigenvalue weighted by Gasteiger charge is 2.32. The summed E-state index contributed by atoms with van der Waals surface area (Å²) in [6, 6.07) is 4.49. The van der Waals surface area contributed by atoms with Gasteiger partial charge in [0.2, 0.25) is 5.95 Å². The summed E-state index contributed by atoms with van der Waals surface area (Å²) < 4.78 is 14.1. The fourth-order valence-electron chi connectivity index (χ4n) is 2.14. The summed E-state index contributed by atoms with van der Waals surface area (Å²) in [5.41, 5.74) is 0. The second-order valence-corrected chi connectivity index (χ2v) is 5.87. The van der Waals surface area contributed by atoms with Crippen LogP contribution in [0.3, 0.4) is 0 Å². The first kappa shape index (κ1) is 13.3. The Morgan fingerprint density at radius 2 is 2.35 bits per heavy atom. The SMILES string of the molecule is CCNc1ncc(F)c(N(Cc2cccs2)C2CC2)n1. The molecule has 2 aromatic heterocycles. The van der Waals surface area contributed by atoms with Gasteiger partial charge in [-0.1, -0.05) is 6.07 Å². The van der Waals surface area contributed by atoms with Gasteiger partial charge >= 0.3 is 0 Å². The zero-order valence-electron chi connectivity index (χ0n) is 11.3. The van der Waals surface area contributed by atoms with E-state index in [4.69, 9.17) is 0 Å². The molecule has 0 aromatic carbocycles. The Bertz CT molecular complexity index is 569. The predicted octanol–water partition coefficient (Wildman–Crippen LogP) is 3.28. The van der Waals surface area contributed by atoms with E-state index in [9.17, 15) is 4.39 Å². The summed E-state index contributed by atoms with van der Waals surface area (Å²) in [6.45, 7) is 3.40. The topological polar surface area (TPSA) is 41.1 Å². The first-order chi connectivity index (χ1) is 9.78. The van der Waals surface area contributed by atoms with Crippen molar-refractivity contribution in [1.29, 1.82) is 0 Å². The molecule has 0 atom stereocenters. The summed E-state index contributed by atoms with van der Waals surface area (Å²) in [5, 5.41) is 5.08. The Morgan fingerprint density at radius 3 is 3.00 bits per heavy atom. The third-order valence-electron chi connectivity index (χ3n) is 3.23. The molecule has 0 bridgehead atoms. The Labute approximate surface area is 121 Å². The molecule has 106 valence electrons. The molecule has 0 radical (unpaired) electrons. The highest BCUT2D eigenvalue weighted by Crippen LogP contribution is 2.34. The van der Waals surface area contributed by atoms with E-state index in [1.807, 2.05) is 18.4 Å². The standard InChI is InChI=1S/C14H17FN4S/c1-2-16-14-17-8-12(15)13(18-14)19(10-5-6-10)9-11-4-3-7-20-11/h3-4,7-8,10H,2,5-6,9H2,1H3,(H,16,17,18). The molecule has 6 heteroatoms. The summed E-state index contributed by atoms with van der Waals surface area (Å²) >= 11 is 1.69. The Kier molecular flexibility index (Phi) is 3.82. The predicted molar refractivity (Wildman–Crippen MR) is 79.7 cm³/mol. The number of nitrogens with one attached hydrogen (secondary N) is 1. The van der Waals surface area contributed by atoms with Gasteiger partial charge in [-0.25, -0.2) is 9.37 Å². The Morgan fingerprint density at radius 1 is 1.50 bits per heavy atom. The molecule has 1 fully saturated rings. The molecule has 0 spiro atoms. The lowest BCUT2D eigenvalue weighted by Crippen LogP contribution is -2.27. The van der Waals surface area contributed by atoms with Gasteiger partial charge in [0.25, 0.3) is 0 Å². The van der Waals surface area contributed by atoms with E-state index >= 15 is 0 Å². The minimum Gasteiger partial charge on any atom is -0.354 e. The van der Waals surface area contributed by atoms with Crippen LogP contribution in [0.4, 0.5) is 16.2 Å². The van der Waals surface area contributed by atoms with Gasteiger partial charge in [-0.3, -0.25) is 0 Å². The van der Waals surface area contributed by atoms with Gasteiger partial charge < -0.3 is 10.2 Å². The number of nitrogens with zero attached hydrogens (tertiary/aromatic N) is 3. The molecule has 0 amide bonds. The fourth-order valence-corrected chi connectivity index (χ4v) is 2.84. The van der Waals surface area contributed by atoms with Crippen LogP contribution in [-0.4, -0.2) is 22.6 Å². The zero-order chi connectivity index (χ0) is 13.9. The molecule has 1 N–H and O–H groups in total. The molecule has 3 rings (SSSR count). The third kappa shape index (κ3) is 2.90. The maximum absolute atomic E-state index is 14.1. The van der Waals surface area contributed by atoms with E-state index in [0.717, 1.165) is 19.4 Å². The van der Waals surface area contributed by atoms with Crippen LogP contribution in [0.25, 0.3) is 0 Å². The molecule has 2 heterocycles. The van der Waals surface area contributed by atoms with Crippen molar-refractivity contribution in [3.63, 3.8) is 0 Å². The molecule has 1 saturated carbocycles. The first-order valence-electron chi connectivity index (χ1n) is 6.83. The molecular formula is C14H17FN4S. The molecule has 1 aliphatic carbocycles. The second-order valence-electron chi connectivity index (χ2n) is 4.83. The van der Waals surface area contributed by atoms with Crippen molar-refractivity contribution < 1.29 is 4.39 Å². The van der Waals surface area contributed by atoms with Gasteiger partial charge in [-0.15, -0.1) is 11.3 Å². The lowest BCUT2D eigenvalue weighted by Gasteiger charge is -2.23. The molecule has 0 saturated heterocycles. The minimum absolute atomic E-state index is 0.352. The van der Waals surface area contributed by atoms with E-state index in [2.05, 4.69) is 26.3 Å². The first-order valence-corrected chi connectivity index (χ1v) is 7.71. The largest absolute Gasteiger partial charge is 0.354 e. The minimum atomic E-state index is -0.352. The van der Waals surface area contributed by atoms with Crippen LogP contribution < -0.4 is 10.2 Å². The smallest absolute Gasteiger partial charge is 0.224 e. The third-order valence-corrected chi connectivity index (χ3v) is 4.09. The van der Waals surface area contributed by atoms with E-state index in [1.165, 1.54) is 11.1 Å². The highest BCUT2D eigenvalue weighted by molar-refractivity contribution is 7.09. The number of rotatable bonds is 6. The van der Waals surface area contributed by atoms with Crippen LogP contribution in [0.5, 0.6) is 0 Å². The molecule has 4 nitrogen and oxygen atoms in total. The van der Waals surface area contributed by atoms with E-state index in [0.29, 0.717) is 24.4 Å². The molecule has 20 heavy (non-hydrogen) atoms. The quantitative estimate of drug-likeness (QED) is 0.887. The van der Waals surface area contributed by atoms with Gasteiger partial charge in [-0.2, -0.15) is 4.98 Å². The van der Waals surface area contributed by atoms with Crippen molar-refractivity contribution in [1.82, 2.24) is 9.97 Å². The van der Waals surface area contributed by atoms with Crippen molar-refractivity contribution in [2.75, 3.05) is 16.8 Å².